The lowest BCUT2D eigenvalue weighted by Crippen LogP contribution is -2.47. The van der Waals surface area contributed by atoms with Crippen molar-refractivity contribution in [3.8, 4) is 5.75 Å². The van der Waals surface area contributed by atoms with Gasteiger partial charge in [-0.15, -0.1) is 0 Å². The fourth-order valence-corrected chi connectivity index (χ4v) is 4.91. The maximum absolute atomic E-state index is 13.3. The number of hydrogen-bond donors (Lipinski definition) is 1. The highest BCUT2D eigenvalue weighted by molar-refractivity contribution is 7.92. The molecule has 0 bridgehead atoms. The summed E-state index contributed by atoms with van der Waals surface area (Å²) in [6, 6.07) is 12.2. The Hall–Kier alpha value is -3.07. The third-order valence-corrected chi connectivity index (χ3v) is 7.41. The monoisotopic (exact) mass is 517 g/mol. The average molecular weight is 518 g/mol. The molecule has 0 saturated heterocycles. The second-order valence-electron chi connectivity index (χ2n) is 8.99. The van der Waals surface area contributed by atoms with Crippen molar-refractivity contribution in [2.24, 2.45) is 0 Å². The molecule has 2 aromatic rings. The quantitative estimate of drug-likeness (QED) is 0.436. The van der Waals surface area contributed by atoms with Gasteiger partial charge in [-0.05, 0) is 68.5 Å². The lowest BCUT2D eigenvalue weighted by Gasteiger charge is -2.29. The maximum atomic E-state index is 13.3. The van der Waals surface area contributed by atoms with Crippen LogP contribution in [0.2, 0.25) is 0 Å². The summed E-state index contributed by atoms with van der Waals surface area (Å²) < 4.78 is 31.7. The van der Waals surface area contributed by atoms with Crippen molar-refractivity contribution in [1.29, 1.82) is 0 Å². The number of benzene rings is 2. The SMILES string of the molecule is CCCNC(=O)[C@H](C)N(Cc1ccc(OC)cc1)C(=O)CCCN(c1cccc(C)c1C)S(C)(=O)=O. The van der Waals surface area contributed by atoms with E-state index in [1.54, 1.807) is 25.0 Å². The molecule has 2 aromatic carbocycles. The average Bonchev–Trinajstić information content (AvgIpc) is 2.84. The van der Waals surface area contributed by atoms with Crippen molar-refractivity contribution in [3.05, 3.63) is 59.2 Å². The standard InChI is InChI=1S/C27H39N3O5S/c1-7-17-28-27(32)22(4)29(19-23-13-15-24(35-5)16-14-23)26(31)12-9-18-30(36(6,33)34)25-11-8-10-20(2)21(25)3/h8,10-11,13-16,22H,7,9,12,17-19H2,1-6H3,(H,28,32)/t22-/m0/s1. The number of anilines is 1. The zero-order valence-corrected chi connectivity index (χ0v) is 23.0. The summed E-state index contributed by atoms with van der Waals surface area (Å²) >= 11 is 0. The van der Waals surface area contributed by atoms with Gasteiger partial charge < -0.3 is 15.0 Å². The Kier molecular flexibility index (Phi) is 10.8. The molecule has 1 N–H and O–H groups in total. The molecule has 8 nitrogen and oxygen atoms in total. The number of hydrogen-bond acceptors (Lipinski definition) is 5. The number of carbonyl (C=O) groups is 2. The van der Waals surface area contributed by atoms with Crippen molar-refractivity contribution in [2.75, 3.05) is 30.8 Å². The first-order chi connectivity index (χ1) is 17.0. The Bertz CT molecular complexity index is 1130. The first-order valence-electron chi connectivity index (χ1n) is 12.2. The number of nitrogens with zero attached hydrogens (tertiary/aromatic N) is 2. The lowest BCUT2D eigenvalue weighted by molar-refractivity contribution is -0.140. The Morgan fingerprint density at radius 2 is 1.75 bits per heavy atom. The van der Waals surface area contributed by atoms with Crippen molar-refractivity contribution >= 4 is 27.5 Å². The predicted molar refractivity (Wildman–Crippen MR) is 144 cm³/mol. The highest BCUT2D eigenvalue weighted by Crippen LogP contribution is 2.25. The van der Waals surface area contributed by atoms with Crippen LogP contribution >= 0.6 is 0 Å². The fourth-order valence-electron chi connectivity index (χ4n) is 3.89. The van der Waals surface area contributed by atoms with Gasteiger partial charge >= 0.3 is 0 Å². The molecule has 1 atom stereocenters. The number of sulfonamides is 1. The number of nitrogens with one attached hydrogen (secondary N) is 1. The molecule has 9 heteroatoms. The van der Waals surface area contributed by atoms with Crippen LogP contribution in [0.3, 0.4) is 0 Å². The topological polar surface area (TPSA) is 96.0 Å². The second kappa shape index (κ2) is 13.3. The summed E-state index contributed by atoms with van der Waals surface area (Å²) in [5.74, 6) is 0.281. The van der Waals surface area contributed by atoms with E-state index in [0.29, 0.717) is 24.4 Å². The van der Waals surface area contributed by atoms with Gasteiger partial charge in [-0.25, -0.2) is 8.42 Å². The highest BCUT2D eigenvalue weighted by Gasteiger charge is 2.26. The predicted octanol–water partition coefficient (Wildman–Crippen LogP) is 3.80. The second-order valence-corrected chi connectivity index (χ2v) is 10.9. The lowest BCUT2D eigenvalue weighted by atomic mass is 10.1. The number of carbonyl (C=O) groups excluding carboxylic acids is 2. The van der Waals surface area contributed by atoms with Gasteiger partial charge in [-0.3, -0.25) is 13.9 Å². The van der Waals surface area contributed by atoms with Gasteiger partial charge in [-0.2, -0.15) is 0 Å². The molecule has 0 aliphatic heterocycles. The van der Waals surface area contributed by atoms with Crippen LogP contribution in [0.5, 0.6) is 5.75 Å². The van der Waals surface area contributed by atoms with E-state index in [1.807, 2.05) is 57.2 Å². The zero-order chi connectivity index (χ0) is 26.9. The molecule has 0 radical (unpaired) electrons. The summed E-state index contributed by atoms with van der Waals surface area (Å²) in [5.41, 5.74) is 3.37. The van der Waals surface area contributed by atoms with E-state index in [0.717, 1.165) is 23.1 Å². The van der Waals surface area contributed by atoms with Crippen molar-refractivity contribution in [1.82, 2.24) is 10.2 Å². The zero-order valence-electron chi connectivity index (χ0n) is 22.2. The minimum Gasteiger partial charge on any atom is -0.497 e. The molecule has 0 saturated carbocycles. The molecule has 2 rings (SSSR count). The van der Waals surface area contributed by atoms with Crippen LogP contribution in [0.4, 0.5) is 5.69 Å². The maximum Gasteiger partial charge on any atom is 0.242 e. The molecule has 0 aromatic heterocycles. The molecule has 0 spiro atoms. The van der Waals surface area contributed by atoms with Crippen LogP contribution in [-0.2, 0) is 26.2 Å². The van der Waals surface area contributed by atoms with E-state index in [1.165, 1.54) is 10.6 Å². The molecule has 0 unspecified atom stereocenters. The van der Waals surface area contributed by atoms with Crippen molar-refractivity contribution in [3.63, 3.8) is 0 Å². The molecule has 36 heavy (non-hydrogen) atoms. The smallest absolute Gasteiger partial charge is 0.242 e. The van der Waals surface area contributed by atoms with Gasteiger partial charge in [0.2, 0.25) is 21.8 Å². The van der Waals surface area contributed by atoms with Crippen LogP contribution in [0, 0.1) is 13.8 Å². The highest BCUT2D eigenvalue weighted by atomic mass is 32.2. The van der Waals surface area contributed by atoms with Crippen molar-refractivity contribution in [2.45, 2.75) is 59.5 Å². The van der Waals surface area contributed by atoms with Gasteiger partial charge in [0.05, 0.1) is 19.1 Å². The van der Waals surface area contributed by atoms with E-state index in [4.69, 9.17) is 4.74 Å². The van der Waals surface area contributed by atoms with Gasteiger partial charge in [-0.1, -0.05) is 31.2 Å². The minimum atomic E-state index is -3.54. The van der Waals surface area contributed by atoms with E-state index in [2.05, 4.69) is 5.32 Å². The van der Waals surface area contributed by atoms with Crippen LogP contribution in [0.25, 0.3) is 0 Å². The molecule has 198 valence electrons. The number of ether oxygens (including phenoxy) is 1. The van der Waals surface area contributed by atoms with Crippen LogP contribution in [-0.4, -0.2) is 57.6 Å². The molecular formula is C27H39N3O5S. The number of rotatable bonds is 13. The summed E-state index contributed by atoms with van der Waals surface area (Å²) in [6.45, 7) is 8.47. The largest absolute Gasteiger partial charge is 0.497 e. The van der Waals surface area contributed by atoms with E-state index in [-0.39, 0.29) is 31.3 Å². The van der Waals surface area contributed by atoms with E-state index in [9.17, 15) is 18.0 Å². The van der Waals surface area contributed by atoms with E-state index < -0.39 is 16.1 Å². The fraction of sp³-hybridized carbons (Fsp3) is 0.481. The van der Waals surface area contributed by atoms with Gasteiger partial charge in [0.25, 0.3) is 0 Å². The Labute approximate surface area is 215 Å². The first-order valence-corrected chi connectivity index (χ1v) is 14.1. The molecule has 0 fully saturated rings. The Balaban J connectivity index is 2.19. The third kappa shape index (κ3) is 7.98. The van der Waals surface area contributed by atoms with Crippen LogP contribution in [0.1, 0.15) is 49.8 Å². The number of aryl methyl sites for hydroxylation is 1. The number of amides is 2. The van der Waals surface area contributed by atoms with E-state index >= 15 is 0 Å². The summed E-state index contributed by atoms with van der Waals surface area (Å²) in [6.07, 6.45) is 2.40. The minimum absolute atomic E-state index is 0.110. The van der Waals surface area contributed by atoms with Gasteiger partial charge in [0.15, 0.2) is 0 Å². The third-order valence-electron chi connectivity index (χ3n) is 6.23. The van der Waals surface area contributed by atoms with Crippen molar-refractivity contribution < 1.29 is 22.7 Å². The Morgan fingerprint density at radius 1 is 1.08 bits per heavy atom. The molecular weight excluding hydrogens is 478 g/mol. The molecule has 2 amide bonds. The summed E-state index contributed by atoms with van der Waals surface area (Å²) in [4.78, 5) is 27.6. The molecule has 0 aliphatic rings. The van der Waals surface area contributed by atoms with Crippen LogP contribution < -0.4 is 14.4 Å². The first kappa shape index (κ1) is 29.2. The van der Waals surface area contributed by atoms with Crippen LogP contribution in [0.15, 0.2) is 42.5 Å². The Morgan fingerprint density at radius 3 is 2.33 bits per heavy atom. The number of methoxy groups -OCH3 is 1. The molecule has 0 aliphatic carbocycles. The summed E-state index contributed by atoms with van der Waals surface area (Å²) in [5, 5.41) is 2.86. The van der Waals surface area contributed by atoms with Gasteiger partial charge in [0, 0.05) is 26.1 Å². The van der Waals surface area contributed by atoms with Gasteiger partial charge in [0.1, 0.15) is 11.8 Å². The summed E-state index contributed by atoms with van der Waals surface area (Å²) in [7, 11) is -1.95. The molecule has 0 heterocycles. The normalized spacial score (nSPS) is 12.1.